The second-order valence-electron chi connectivity index (χ2n) is 3.27. The van der Waals surface area contributed by atoms with Gasteiger partial charge < -0.3 is 0 Å². The molecule has 0 amide bonds. The van der Waals surface area contributed by atoms with E-state index in [9.17, 15) is 22.0 Å². The van der Waals surface area contributed by atoms with Crippen molar-refractivity contribution in [3.63, 3.8) is 0 Å². The number of benzene rings is 2. The van der Waals surface area contributed by atoms with Crippen molar-refractivity contribution in [2.45, 2.75) is 0 Å². The fraction of sp³-hybridized carbons (Fsp3) is 0. The Balaban J connectivity index is 2.77. The van der Waals surface area contributed by atoms with Gasteiger partial charge in [0.05, 0.1) is 11.1 Å². The Kier molecular flexibility index (Phi) is 2.83. The number of hydrogen-bond acceptors (Lipinski definition) is 0. The van der Waals surface area contributed by atoms with Crippen molar-refractivity contribution in [2.24, 2.45) is 0 Å². The van der Waals surface area contributed by atoms with Gasteiger partial charge in [0.15, 0.2) is 0 Å². The predicted octanol–water partition coefficient (Wildman–Crippen LogP) is 3.85. The quantitative estimate of drug-likeness (QED) is 0.667. The van der Waals surface area contributed by atoms with E-state index in [2.05, 4.69) is 6.07 Å². The zero-order chi connectivity index (χ0) is 12.6. The molecule has 0 N–H and O–H groups in total. The van der Waals surface area contributed by atoms with Crippen molar-refractivity contribution < 1.29 is 22.0 Å². The van der Waals surface area contributed by atoms with E-state index in [0.717, 1.165) is 12.1 Å². The lowest BCUT2D eigenvalue weighted by Gasteiger charge is -2.07. The molecule has 2 aromatic carbocycles. The first-order valence-electron chi connectivity index (χ1n) is 4.50. The fourth-order valence-corrected chi connectivity index (χ4v) is 1.47. The molecule has 2 rings (SSSR count). The monoisotopic (exact) mass is 243 g/mol. The third-order valence-corrected chi connectivity index (χ3v) is 2.15. The van der Waals surface area contributed by atoms with Gasteiger partial charge in [-0.15, -0.1) is 0 Å². The van der Waals surface area contributed by atoms with Crippen LogP contribution in [-0.4, -0.2) is 0 Å². The molecule has 0 fully saturated rings. The van der Waals surface area contributed by atoms with E-state index in [1.54, 1.807) is 0 Å². The summed E-state index contributed by atoms with van der Waals surface area (Å²) in [6, 6.07) is 4.30. The molecule has 0 aliphatic rings. The summed E-state index contributed by atoms with van der Waals surface area (Å²) in [5.74, 6) is -6.24. The van der Waals surface area contributed by atoms with Crippen LogP contribution in [0.5, 0.6) is 0 Å². The van der Waals surface area contributed by atoms with Crippen molar-refractivity contribution in [3.05, 3.63) is 59.4 Å². The zero-order valence-corrected chi connectivity index (χ0v) is 8.20. The standard InChI is InChI=1S/C12H4F5/c13-6-4-9(16)12(10(17)5-6)11-7(14)2-1-3-8(11)15/h2-5H. The SMILES string of the molecule is Fc1cc(F)c(-c2c(F)c[c]cc2F)c(F)c1. The predicted molar refractivity (Wildman–Crippen MR) is 50.5 cm³/mol. The van der Waals surface area contributed by atoms with E-state index in [4.69, 9.17) is 0 Å². The molecule has 0 aromatic heterocycles. The van der Waals surface area contributed by atoms with Crippen LogP contribution in [0.25, 0.3) is 11.1 Å². The van der Waals surface area contributed by atoms with Gasteiger partial charge in [-0.2, -0.15) is 0 Å². The van der Waals surface area contributed by atoms with E-state index >= 15 is 0 Å². The average Bonchev–Trinajstić information content (AvgIpc) is 2.21. The molecule has 0 nitrogen and oxygen atoms in total. The van der Waals surface area contributed by atoms with Crippen LogP contribution >= 0.6 is 0 Å². The number of halogens is 5. The maximum absolute atomic E-state index is 13.3. The molecule has 0 spiro atoms. The summed E-state index contributed by atoms with van der Waals surface area (Å²) in [5.41, 5.74) is -1.81. The molecular formula is C12H4F5. The molecule has 5 heteroatoms. The first kappa shape index (κ1) is 11.6. The molecule has 0 unspecified atom stereocenters. The Morgan fingerprint density at radius 3 is 1.53 bits per heavy atom. The molecule has 0 heterocycles. The smallest absolute Gasteiger partial charge is 0.137 e. The van der Waals surface area contributed by atoms with Gasteiger partial charge in [-0.1, -0.05) is 0 Å². The van der Waals surface area contributed by atoms with Crippen molar-refractivity contribution in [1.29, 1.82) is 0 Å². The Morgan fingerprint density at radius 1 is 0.647 bits per heavy atom. The third kappa shape index (κ3) is 2.00. The van der Waals surface area contributed by atoms with Crippen LogP contribution in [0.15, 0.2) is 24.3 Å². The van der Waals surface area contributed by atoms with E-state index in [0.29, 0.717) is 12.1 Å². The van der Waals surface area contributed by atoms with Crippen molar-refractivity contribution in [2.75, 3.05) is 0 Å². The molecule has 0 aliphatic carbocycles. The highest BCUT2D eigenvalue weighted by Gasteiger charge is 2.20. The lowest BCUT2D eigenvalue weighted by Crippen LogP contribution is -1.97. The number of hydrogen-bond donors (Lipinski definition) is 0. The van der Waals surface area contributed by atoms with Crippen LogP contribution in [0.2, 0.25) is 0 Å². The molecule has 0 saturated heterocycles. The zero-order valence-electron chi connectivity index (χ0n) is 8.20. The molecule has 87 valence electrons. The molecular weight excluding hydrogens is 239 g/mol. The van der Waals surface area contributed by atoms with Gasteiger partial charge in [-0.3, -0.25) is 0 Å². The van der Waals surface area contributed by atoms with Crippen molar-refractivity contribution in [3.8, 4) is 11.1 Å². The lowest BCUT2D eigenvalue weighted by atomic mass is 10.0. The normalized spacial score (nSPS) is 10.6. The van der Waals surface area contributed by atoms with Gasteiger partial charge in [-0.05, 0) is 18.2 Å². The van der Waals surface area contributed by atoms with Gasteiger partial charge in [0.25, 0.3) is 0 Å². The molecule has 0 bridgehead atoms. The summed E-state index contributed by atoms with van der Waals surface area (Å²) in [6.07, 6.45) is 0. The minimum Gasteiger partial charge on any atom is -0.207 e. The molecule has 0 aliphatic heterocycles. The molecule has 2 aromatic rings. The second kappa shape index (κ2) is 4.16. The molecule has 0 atom stereocenters. The van der Waals surface area contributed by atoms with Gasteiger partial charge >= 0.3 is 0 Å². The van der Waals surface area contributed by atoms with Crippen molar-refractivity contribution >= 4 is 0 Å². The van der Waals surface area contributed by atoms with Crippen molar-refractivity contribution in [1.82, 2.24) is 0 Å². The lowest BCUT2D eigenvalue weighted by molar-refractivity contribution is 0.538. The Hall–Kier alpha value is -1.91. The van der Waals surface area contributed by atoms with E-state index in [1.165, 1.54) is 0 Å². The first-order chi connectivity index (χ1) is 8.00. The summed E-state index contributed by atoms with van der Waals surface area (Å²) in [5, 5.41) is 0. The molecule has 17 heavy (non-hydrogen) atoms. The van der Waals surface area contributed by atoms with Crippen LogP contribution in [0, 0.1) is 35.2 Å². The third-order valence-electron chi connectivity index (χ3n) is 2.15. The summed E-state index contributed by atoms with van der Waals surface area (Å²) in [7, 11) is 0. The average molecular weight is 243 g/mol. The van der Waals surface area contributed by atoms with Crippen LogP contribution in [0.3, 0.4) is 0 Å². The maximum Gasteiger partial charge on any atom is 0.137 e. The minimum absolute atomic E-state index is 0.355. The number of rotatable bonds is 1. The molecule has 1 radical (unpaired) electrons. The summed E-state index contributed by atoms with van der Waals surface area (Å²) < 4.78 is 65.9. The van der Waals surface area contributed by atoms with Gasteiger partial charge in [0.2, 0.25) is 0 Å². The highest BCUT2D eigenvalue weighted by atomic mass is 19.2. The second-order valence-corrected chi connectivity index (χ2v) is 3.27. The topological polar surface area (TPSA) is 0 Å². The summed E-state index contributed by atoms with van der Waals surface area (Å²) in [6.45, 7) is 0. The van der Waals surface area contributed by atoms with Crippen LogP contribution < -0.4 is 0 Å². The maximum atomic E-state index is 13.3. The van der Waals surface area contributed by atoms with Crippen LogP contribution in [0.1, 0.15) is 0 Å². The Morgan fingerprint density at radius 2 is 1.06 bits per heavy atom. The summed E-state index contributed by atoms with van der Waals surface area (Å²) in [4.78, 5) is 0. The Labute approximate surface area is 93.3 Å². The van der Waals surface area contributed by atoms with Gasteiger partial charge in [0, 0.05) is 12.1 Å². The fourth-order valence-electron chi connectivity index (χ4n) is 1.47. The Bertz CT molecular complexity index is 534. The van der Waals surface area contributed by atoms with E-state index in [-0.39, 0.29) is 0 Å². The first-order valence-corrected chi connectivity index (χ1v) is 4.50. The van der Waals surface area contributed by atoms with Gasteiger partial charge in [0.1, 0.15) is 29.1 Å². The highest BCUT2D eigenvalue weighted by molar-refractivity contribution is 5.66. The molecule has 0 saturated carbocycles. The van der Waals surface area contributed by atoms with Gasteiger partial charge in [-0.25, -0.2) is 22.0 Å². The van der Waals surface area contributed by atoms with Crippen LogP contribution in [-0.2, 0) is 0 Å². The highest BCUT2D eigenvalue weighted by Crippen LogP contribution is 2.31. The van der Waals surface area contributed by atoms with E-state index < -0.39 is 40.2 Å². The minimum atomic E-state index is -1.37. The summed E-state index contributed by atoms with van der Waals surface area (Å²) >= 11 is 0. The van der Waals surface area contributed by atoms with E-state index in [1.807, 2.05) is 0 Å². The largest absolute Gasteiger partial charge is 0.207 e. The van der Waals surface area contributed by atoms with Crippen LogP contribution in [0.4, 0.5) is 22.0 Å².